The van der Waals surface area contributed by atoms with Crippen molar-refractivity contribution in [3.8, 4) is 0 Å². The first kappa shape index (κ1) is 13.9. The Morgan fingerprint density at radius 3 is 2.72 bits per heavy atom. The number of nitro benzene ring substituents is 1. The highest BCUT2D eigenvalue weighted by atomic mass is 19.1. The lowest BCUT2D eigenvalue weighted by Gasteiger charge is -2.16. The predicted molar refractivity (Wildman–Crippen MR) is 63.0 cm³/mol. The second-order valence-corrected chi connectivity index (χ2v) is 3.80. The number of nitrogens with one attached hydrogen (secondary N) is 1. The van der Waals surface area contributed by atoms with Gasteiger partial charge in [0.2, 0.25) is 0 Å². The van der Waals surface area contributed by atoms with Crippen molar-refractivity contribution >= 4 is 17.3 Å². The zero-order valence-corrected chi connectivity index (χ0v) is 9.72. The summed E-state index contributed by atoms with van der Waals surface area (Å²) in [6.45, 7) is 1.77. The third kappa shape index (κ3) is 4.00. The van der Waals surface area contributed by atoms with E-state index in [0.717, 1.165) is 12.1 Å². The van der Waals surface area contributed by atoms with Crippen LogP contribution < -0.4 is 5.32 Å². The summed E-state index contributed by atoms with van der Waals surface area (Å²) in [7, 11) is 0. The van der Waals surface area contributed by atoms with Crippen LogP contribution in [0, 0.1) is 15.9 Å². The molecule has 2 N–H and O–H groups in total. The van der Waals surface area contributed by atoms with Crippen LogP contribution in [0.15, 0.2) is 18.2 Å². The van der Waals surface area contributed by atoms with Gasteiger partial charge in [-0.05, 0) is 12.5 Å². The third-order valence-electron chi connectivity index (χ3n) is 2.38. The van der Waals surface area contributed by atoms with Crippen LogP contribution in [0.2, 0.25) is 0 Å². The van der Waals surface area contributed by atoms with Crippen LogP contribution in [0.25, 0.3) is 0 Å². The Hall–Kier alpha value is -2.18. The van der Waals surface area contributed by atoms with E-state index in [0.29, 0.717) is 6.42 Å². The predicted octanol–water partition coefficient (Wildman–Crippen LogP) is 2.40. The van der Waals surface area contributed by atoms with E-state index >= 15 is 0 Å². The number of hydrogen-bond donors (Lipinski definition) is 2. The monoisotopic (exact) mass is 256 g/mol. The molecule has 1 aromatic rings. The Morgan fingerprint density at radius 2 is 2.22 bits per heavy atom. The number of rotatable bonds is 6. The standard InChI is InChI=1S/C11H13FN2O4/c1-2-8(6-11(15)16)13-9-3-7(12)4-10(5-9)14(17)18/h3-5,8,13H,2,6H2,1H3,(H,15,16). The van der Waals surface area contributed by atoms with Gasteiger partial charge >= 0.3 is 5.97 Å². The SMILES string of the molecule is CCC(CC(=O)O)Nc1cc(F)cc([N+](=O)[O-])c1. The summed E-state index contributed by atoms with van der Waals surface area (Å²) in [6, 6.07) is 2.68. The minimum Gasteiger partial charge on any atom is -0.481 e. The quantitative estimate of drug-likeness (QED) is 0.602. The minimum absolute atomic E-state index is 0.138. The number of benzene rings is 1. The van der Waals surface area contributed by atoms with Crippen molar-refractivity contribution in [1.29, 1.82) is 0 Å². The van der Waals surface area contributed by atoms with Crippen LogP contribution in [0.3, 0.4) is 0 Å². The van der Waals surface area contributed by atoms with Crippen LogP contribution in [0.5, 0.6) is 0 Å². The largest absolute Gasteiger partial charge is 0.481 e. The van der Waals surface area contributed by atoms with Gasteiger partial charge in [-0.3, -0.25) is 14.9 Å². The molecule has 0 aromatic heterocycles. The molecule has 0 spiro atoms. The lowest BCUT2D eigenvalue weighted by molar-refractivity contribution is -0.385. The second kappa shape index (κ2) is 5.95. The van der Waals surface area contributed by atoms with Crippen molar-refractivity contribution in [1.82, 2.24) is 0 Å². The molecule has 6 nitrogen and oxygen atoms in total. The van der Waals surface area contributed by atoms with Crippen LogP contribution in [-0.2, 0) is 4.79 Å². The number of hydrogen-bond acceptors (Lipinski definition) is 4. The molecule has 0 aliphatic rings. The molecule has 0 saturated heterocycles. The summed E-state index contributed by atoms with van der Waals surface area (Å²) < 4.78 is 13.1. The molecule has 18 heavy (non-hydrogen) atoms. The van der Waals surface area contributed by atoms with Gasteiger partial charge in [0.1, 0.15) is 5.82 Å². The molecule has 0 saturated carbocycles. The fourth-order valence-electron chi connectivity index (χ4n) is 1.51. The van der Waals surface area contributed by atoms with Gasteiger partial charge in [-0.25, -0.2) is 4.39 Å². The van der Waals surface area contributed by atoms with Crippen molar-refractivity contribution < 1.29 is 19.2 Å². The fraction of sp³-hybridized carbons (Fsp3) is 0.364. The lowest BCUT2D eigenvalue weighted by Crippen LogP contribution is -2.22. The van der Waals surface area contributed by atoms with Gasteiger partial charge in [-0.2, -0.15) is 0 Å². The molecular formula is C11H13FN2O4. The number of carbonyl (C=O) groups is 1. The smallest absolute Gasteiger partial charge is 0.305 e. The number of non-ortho nitro benzene ring substituents is 1. The molecule has 1 atom stereocenters. The van der Waals surface area contributed by atoms with E-state index < -0.39 is 22.8 Å². The summed E-state index contributed by atoms with van der Waals surface area (Å²) in [5.74, 6) is -1.72. The Balaban J connectivity index is 2.88. The third-order valence-corrected chi connectivity index (χ3v) is 2.38. The summed E-state index contributed by atoms with van der Waals surface area (Å²) in [6.07, 6.45) is 0.372. The maximum atomic E-state index is 13.1. The first-order valence-corrected chi connectivity index (χ1v) is 5.35. The van der Waals surface area contributed by atoms with Crippen LogP contribution >= 0.6 is 0 Å². The van der Waals surface area contributed by atoms with E-state index in [1.54, 1.807) is 6.92 Å². The van der Waals surface area contributed by atoms with Gasteiger partial charge in [0.15, 0.2) is 0 Å². The Bertz CT molecular complexity index is 464. The van der Waals surface area contributed by atoms with E-state index in [2.05, 4.69) is 5.32 Å². The Morgan fingerprint density at radius 1 is 1.56 bits per heavy atom. The average molecular weight is 256 g/mol. The first-order chi connectivity index (χ1) is 8.42. The molecule has 0 heterocycles. The molecule has 98 valence electrons. The van der Waals surface area contributed by atoms with E-state index in [1.165, 1.54) is 6.07 Å². The summed E-state index contributed by atoms with van der Waals surface area (Å²) in [5, 5.41) is 22.0. The second-order valence-electron chi connectivity index (χ2n) is 3.80. The molecule has 0 fully saturated rings. The number of aliphatic carboxylic acids is 1. The number of carboxylic acid groups (broad SMARTS) is 1. The maximum Gasteiger partial charge on any atom is 0.305 e. The molecule has 0 bridgehead atoms. The number of anilines is 1. The van der Waals surface area contributed by atoms with Gasteiger partial charge < -0.3 is 10.4 Å². The maximum absolute atomic E-state index is 13.1. The zero-order chi connectivity index (χ0) is 13.7. The molecule has 0 radical (unpaired) electrons. The molecule has 1 aromatic carbocycles. The van der Waals surface area contributed by atoms with Gasteiger partial charge in [0, 0.05) is 17.8 Å². The number of nitrogens with zero attached hydrogens (tertiary/aromatic N) is 1. The van der Waals surface area contributed by atoms with E-state index in [-0.39, 0.29) is 17.8 Å². The van der Waals surface area contributed by atoms with Crippen molar-refractivity contribution in [2.24, 2.45) is 0 Å². The molecule has 7 heteroatoms. The van der Waals surface area contributed by atoms with Gasteiger partial charge in [-0.1, -0.05) is 6.92 Å². The van der Waals surface area contributed by atoms with Gasteiger partial charge in [-0.15, -0.1) is 0 Å². The number of nitro groups is 1. The fourth-order valence-corrected chi connectivity index (χ4v) is 1.51. The molecule has 1 rings (SSSR count). The molecule has 0 aliphatic heterocycles. The molecule has 0 amide bonds. The number of carboxylic acids is 1. The first-order valence-electron chi connectivity index (χ1n) is 5.35. The van der Waals surface area contributed by atoms with Crippen LogP contribution in [0.4, 0.5) is 15.8 Å². The van der Waals surface area contributed by atoms with E-state index in [9.17, 15) is 19.3 Å². The van der Waals surface area contributed by atoms with E-state index in [4.69, 9.17) is 5.11 Å². The van der Waals surface area contributed by atoms with E-state index in [1.807, 2.05) is 0 Å². The Labute approximate surface area is 103 Å². The summed E-state index contributed by atoms with van der Waals surface area (Å²) in [5.41, 5.74) is -0.169. The van der Waals surface area contributed by atoms with Gasteiger partial charge in [0.05, 0.1) is 17.4 Å². The normalized spacial score (nSPS) is 11.9. The van der Waals surface area contributed by atoms with Crippen molar-refractivity contribution in [3.05, 3.63) is 34.1 Å². The zero-order valence-electron chi connectivity index (χ0n) is 9.72. The molecular weight excluding hydrogens is 243 g/mol. The van der Waals surface area contributed by atoms with Crippen LogP contribution in [0.1, 0.15) is 19.8 Å². The lowest BCUT2D eigenvalue weighted by atomic mass is 10.1. The number of halogens is 1. The minimum atomic E-state index is -0.986. The van der Waals surface area contributed by atoms with Crippen molar-refractivity contribution in [2.75, 3.05) is 5.32 Å². The van der Waals surface area contributed by atoms with Gasteiger partial charge in [0.25, 0.3) is 5.69 Å². The van der Waals surface area contributed by atoms with Crippen molar-refractivity contribution in [2.45, 2.75) is 25.8 Å². The summed E-state index contributed by atoms with van der Waals surface area (Å²) in [4.78, 5) is 20.4. The highest BCUT2D eigenvalue weighted by Crippen LogP contribution is 2.21. The molecule has 0 aliphatic carbocycles. The average Bonchev–Trinajstić information content (AvgIpc) is 2.26. The Kier molecular flexibility index (Phi) is 4.59. The highest BCUT2D eigenvalue weighted by Gasteiger charge is 2.14. The van der Waals surface area contributed by atoms with Crippen LogP contribution in [-0.4, -0.2) is 22.0 Å². The molecule has 1 unspecified atom stereocenters. The topological polar surface area (TPSA) is 92.5 Å². The highest BCUT2D eigenvalue weighted by molar-refractivity contribution is 5.68. The summed E-state index contributed by atoms with van der Waals surface area (Å²) >= 11 is 0. The van der Waals surface area contributed by atoms with Crippen molar-refractivity contribution in [3.63, 3.8) is 0 Å².